The number of rotatable bonds is 5. The summed E-state index contributed by atoms with van der Waals surface area (Å²) in [5.41, 5.74) is 0.102. The lowest BCUT2D eigenvalue weighted by atomic mass is 10.2. The average molecular weight is 383 g/mol. The normalized spacial score (nSPS) is 15.9. The summed E-state index contributed by atoms with van der Waals surface area (Å²) in [4.78, 5) is 34.9. The standard InChI is InChI=1S/C16H21N3O6S/c1-11(14(20)18-16(22)17-2)25-15(21)12-5-7-13(8-6-12)26(23,24)19-9-3-4-10-19/h5-8,11H,3-4,9-10H2,1-2H3,(H2,17,18,20,22). The molecular weight excluding hydrogens is 362 g/mol. The number of ether oxygens (including phenoxy) is 1. The van der Waals surface area contributed by atoms with E-state index in [4.69, 9.17) is 4.74 Å². The second-order valence-electron chi connectivity index (χ2n) is 5.75. The molecule has 1 fully saturated rings. The molecule has 1 aliphatic heterocycles. The molecule has 0 aromatic heterocycles. The summed E-state index contributed by atoms with van der Waals surface area (Å²) >= 11 is 0. The van der Waals surface area contributed by atoms with E-state index in [-0.39, 0.29) is 10.5 Å². The lowest BCUT2D eigenvalue weighted by molar-refractivity contribution is -0.127. The minimum atomic E-state index is -3.56. The molecule has 1 atom stereocenters. The number of amides is 3. The maximum atomic E-state index is 12.4. The number of carbonyl (C=O) groups is 3. The van der Waals surface area contributed by atoms with Crippen molar-refractivity contribution < 1.29 is 27.5 Å². The summed E-state index contributed by atoms with van der Waals surface area (Å²) in [6.07, 6.45) is 0.479. The van der Waals surface area contributed by atoms with Crippen LogP contribution in [0.3, 0.4) is 0 Å². The Hall–Kier alpha value is -2.46. The summed E-state index contributed by atoms with van der Waals surface area (Å²) in [7, 11) is -2.22. The lowest BCUT2D eigenvalue weighted by Crippen LogP contribution is -2.43. The molecule has 0 spiro atoms. The molecule has 1 unspecified atom stereocenters. The van der Waals surface area contributed by atoms with Crippen LogP contribution in [0.1, 0.15) is 30.1 Å². The molecule has 26 heavy (non-hydrogen) atoms. The topological polar surface area (TPSA) is 122 Å². The fraction of sp³-hybridized carbons (Fsp3) is 0.438. The number of benzene rings is 1. The first-order chi connectivity index (χ1) is 12.3. The molecule has 0 bridgehead atoms. The number of imide groups is 1. The van der Waals surface area contributed by atoms with Crippen molar-refractivity contribution in [1.82, 2.24) is 14.9 Å². The average Bonchev–Trinajstić information content (AvgIpc) is 3.17. The van der Waals surface area contributed by atoms with E-state index in [2.05, 4.69) is 5.32 Å². The van der Waals surface area contributed by atoms with Crippen LogP contribution in [0, 0.1) is 0 Å². The molecular formula is C16H21N3O6S. The molecule has 2 N–H and O–H groups in total. The van der Waals surface area contributed by atoms with Gasteiger partial charge in [0, 0.05) is 20.1 Å². The molecule has 1 aromatic rings. The van der Waals surface area contributed by atoms with E-state index in [1.807, 2.05) is 5.32 Å². The van der Waals surface area contributed by atoms with E-state index >= 15 is 0 Å². The van der Waals surface area contributed by atoms with Gasteiger partial charge in [-0.1, -0.05) is 0 Å². The largest absolute Gasteiger partial charge is 0.449 e. The Labute approximate surface area is 151 Å². The Bertz CT molecular complexity index is 785. The third-order valence-corrected chi connectivity index (χ3v) is 5.82. The van der Waals surface area contributed by atoms with E-state index in [9.17, 15) is 22.8 Å². The highest BCUT2D eigenvalue weighted by Crippen LogP contribution is 2.21. The number of nitrogens with one attached hydrogen (secondary N) is 2. The van der Waals surface area contributed by atoms with Gasteiger partial charge in [0.2, 0.25) is 10.0 Å². The number of hydrogen-bond acceptors (Lipinski definition) is 6. The van der Waals surface area contributed by atoms with Gasteiger partial charge in [-0.25, -0.2) is 18.0 Å². The number of hydrogen-bond donors (Lipinski definition) is 2. The third kappa shape index (κ3) is 4.58. The maximum Gasteiger partial charge on any atom is 0.338 e. The smallest absolute Gasteiger partial charge is 0.338 e. The fourth-order valence-corrected chi connectivity index (χ4v) is 3.92. The summed E-state index contributed by atoms with van der Waals surface area (Å²) in [5.74, 6) is -1.57. The van der Waals surface area contributed by atoms with Crippen LogP contribution >= 0.6 is 0 Å². The van der Waals surface area contributed by atoms with Gasteiger partial charge >= 0.3 is 12.0 Å². The highest BCUT2D eigenvalue weighted by atomic mass is 32.2. The van der Waals surface area contributed by atoms with Gasteiger partial charge in [0.05, 0.1) is 10.5 Å². The van der Waals surface area contributed by atoms with Gasteiger partial charge < -0.3 is 10.1 Å². The fourth-order valence-electron chi connectivity index (χ4n) is 2.40. The second kappa shape index (κ2) is 8.28. The zero-order chi connectivity index (χ0) is 19.3. The van der Waals surface area contributed by atoms with Gasteiger partial charge in [0.25, 0.3) is 5.91 Å². The highest BCUT2D eigenvalue weighted by Gasteiger charge is 2.27. The number of esters is 1. The molecule has 142 valence electrons. The van der Waals surface area contributed by atoms with Crippen molar-refractivity contribution in [1.29, 1.82) is 0 Å². The predicted octanol–water partition coefficient (Wildman–Crippen LogP) is 0.472. The van der Waals surface area contributed by atoms with E-state index in [1.54, 1.807) is 0 Å². The monoisotopic (exact) mass is 383 g/mol. The molecule has 0 aliphatic carbocycles. The first-order valence-corrected chi connectivity index (χ1v) is 9.53. The van der Waals surface area contributed by atoms with Crippen LogP contribution < -0.4 is 10.6 Å². The lowest BCUT2D eigenvalue weighted by Gasteiger charge is -2.16. The molecule has 1 aliphatic rings. The SMILES string of the molecule is CNC(=O)NC(=O)C(C)OC(=O)c1ccc(S(=O)(=O)N2CCCC2)cc1. The molecule has 1 heterocycles. The van der Waals surface area contributed by atoms with Crippen molar-refractivity contribution in [3.63, 3.8) is 0 Å². The zero-order valence-electron chi connectivity index (χ0n) is 14.5. The van der Waals surface area contributed by atoms with Gasteiger partial charge in [-0.05, 0) is 44.0 Å². The van der Waals surface area contributed by atoms with Gasteiger partial charge in [0.1, 0.15) is 0 Å². The number of carbonyl (C=O) groups excluding carboxylic acids is 3. The number of urea groups is 1. The second-order valence-corrected chi connectivity index (χ2v) is 7.69. The Balaban J connectivity index is 2.02. The van der Waals surface area contributed by atoms with Crippen molar-refractivity contribution in [2.24, 2.45) is 0 Å². The Kier molecular flexibility index (Phi) is 6.32. The Morgan fingerprint density at radius 3 is 2.23 bits per heavy atom. The van der Waals surface area contributed by atoms with Crippen LogP contribution in [-0.2, 0) is 19.6 Å². The molecule has 3 amide bonds. The summed E-state index contributed by atoms with van der Waals surface area (Å²) in [6, 6.07) is 4.61. The van der Waals surface area contributed by atoms with Crippen LogP contribution in [-0.4, -0.2) is 56.9 Å². The predicted molar refractivity (Wildman–Crippen MR) is 91.9 cm³/mol. The van der Waals surface area contributed by atoms with Crippen LogP contribution in [0.2, 0.25) is 0 Å². The molecule has 1 aromatic carbocycles. The molecule has 1 saturated heterocycles. The summed E-state index contributed by atoms with van der Waals surface area (Å²) in [5, 5.41) is 4.20. The van der Waals surface area contributed by atoms with Crippen molar-refractivity contribution in [2.45, 2.75) is 30.8 Å². The number of sulfonamides is 1. The summed E-state index contributed by atoms with van der Waals surface area (Å²) in [6.45, 7) is 2.30. The first kappa shape index (κ1) is 19.9. The van der Waals surface area contributed by atoms with E-state index in [1.165, 1.54) is 42.5 Å². The molecule has 2 rings (SSSR count). The Morgan fingerprint density at radius 1 is 1.12 bits per heavy atom. The van der Waals surface area contributed by atoms with Gasteiger partial charge in [-0.3, -0.25) is 10.1 Å². The van der Waals surface area contributed by atoms with Gasteiger partial charge in [0.15, 0.2) is 6.10 Å². The molecule has 9 nitrogen and oxygen atoms in total. The zero-order valence-corrected chi connectivity index (χ0v) is 15.3. The minimum Gasteiger partial charge on any atom is -0.449 e. The number of nitrogens with zero attached hydrogens (tertiary/aromatic N) is 1. The molecule has 0 radical (unpaired) electrons. The van der Waals surface area contributed by atoms with Crippen LogP contribution in [0.4, 0.5) is 4.79 Å². The first-order valence-electron chi connectivity index (χ1n) is 8.09. The highest BCUT2D eigenvalue weighted by molar-refractivity contribution is 7.89. The van der Waals surface area contributed by atoms with Gasteiger partial charge in [-0.2, -0.15) is 4.31 Å². The quantitative estimate of drug-likeness (QED) is 0.713. The molecule has 0 saturated carbocycles. The van der Waals surface area contributed by atoms with Crippen molar-refractivity contribution >= 4 is 27.9 Å². The van der Waals surface area contributed by atoms with Crippen LogP contribution in [0.15, 0.2) is 29.2 Å². The van der Waals surface area contributed by atoms with Crippen molar-refractivity contribution in [3.8, 4) is 0 Å². The van der Waals surface area contributed by atoms with Crippen LogP contribution in [0.5, 0.6) is 0 Å². The summed E-state index contributed by atoms with van der Waals surface area (Å²) < 4.78 is 31.3. The van der Waals surface area contributed by atoms with Crippen molar-refractivity contribution in [2.75, 3.05) is 20.1 Å². The van der Waals surface area contributed by atoms with Gasteiger partial charge in [-0.15, -0.1) is 0 Å². The minimum absolute atomic E-state index is 0.0985. The molecule has 10 heteroatoms. The van der Waals surface area contributed by atoms with E-state index in [0.29, 0.717) is 13.1 Å². The van der Waals surface area contributed by atoms with Crippen LogP contribution in [0.25, 0.3) is 0 Å². The Morgan fingerprint density at radius 2 is 1.69 bits per heavy atom. The third-order valence-electron chi connectivity index (χ3n) is 3.91. The van der Waals surface area contributed by atoms with E-state index in [0.717, 1.165) is 12.8 Å². The van der Waals surface area contributed by atoms with Crippen molar-refractivity contribution in [3.05, 3.63) is 29.8 Å². The van der Waals surface area contributed by atoms with E-state index < -0.39 is 34.0 Å². The maximum absolute atomic E-state index is 12.4.